The molecule has 0 aromatic heterocycles. The highest BCUT2D eigenvalue weighted by Crippen LogP contribution is 2.25. The summed E-state index contributed by atoms with van der Waals surface area (Å²) in [5.74, 6) is -1.67. The Bertz CT molecular complexity index is 885. The van der Waals surface area contributed by atoms with Crippen molar-refractivity contribution >= 4 is 17.5 Å². The fraction of sp³-hybridized carbons (Fsp3) is 0.150. The summed E-state index contributed by atoms with van der Waals surface area (Å²) in [6.07, 6.45) is 0.557. The number of hydrogen-bond acceptors (Lipinski definition) is 4. The van der Waals surface area contributed by atoms with Crippen LogP contribution in [0.4, 0.5) is 0 Å². The first kappa shape index (κ1) is 16.6. The molecule has 0 fully saturated rings. The Morgan fingerprint density at radius 3 is 2.12 bits per heavy atom. The number of carbonyl (C=O) groups is 3. The van der Waals surface area contributed by atoms with Crippen LogP contribution in [0.5, 0.6) is 0 Å². The summed E-state index contributed by atoms with van der Waals surface area (Å²) in [7, 11) is 0. The highest BCUT2D eigenvalue weighted by Gasteiger charge is 2.32. The Kier molecular flexibility index (Phi) is 4.48. The number of amides is 1. The first-order valence-electron chi connectivity index (χ1n) is 8.08. The summed E-state index contributed by atoms with van der Waals surface area (Å²) in [5, 5.41) is 2.58. The van der Waals surface area contributed by atoms with Gasteiger partial charge in [0, 0.05) is 11.1 Å². The molecular weight excluding hydrogens is 316 g/mol. The number of allylic oxidation sites excluding steroid dienone is 2. The minimum Gasteiger partial charge on any atom is -0.394 e. The maximum absolute atomic E-state index is 12.7. The lowest BCUT2D eigenvalue weighted by Gasteiger charge is -2.21. The van der Waals surface area contributed by atoms with Crippen molar-refractivity contribution in [3.05, 3.63) is 82.7 Å². The van der Waals surface area contributed by atoms with E-state index in [1.54, 1.807) is 24.3 Å². The summed E-state index contributed by atoms with van der Waals surface area (Å²) in [5.41, 5.74) is 6.85. The van der Waals surface area contributed by atoms with Gasteiger partial charge in [0.05, 0.1) is 5.92 Å². The third kappa shape index (κ3) is 2.96. The van der Waals surface area contributed by atoms with Crippen molar-refractivity contribution in [2.45, 2.75) is 19.3 Å². The summed E-state index contributed by atoms with van der Waals surface area (Å²) in [6.45, 7) is 1.89. The fourth-order valence-corrected chi connectivity index (χ4v) is 2.99. The van der Waals surface area contributed by atoms with Gasteiger partial charge in [0.25, 0.3) is 0 Å². The topological polar surface area (TPSA) is 89.3 Å². The molecule has 1 amide bonds. The minimum absolute atomic E-state index is 0.136. The van der Waals surface area contributed by atoms with Crippen LogP contribution < -0.4 is 11.1 Å². The van der Waals surface area contributed by atoms with E-state index in [1.807, 2.05) is 37.3 Å². The predicted octanol–water partition coefficient (Wildman–Crippen LogP) is 2.55. The van der Waals surface area contributed by atoms with Crippen LogP contribution in [0.25, 0.3) is 0 Å². The third-order valence-electron chi connectivity index (χ3n) is 4.33. The fourth-order valence-electron chi connectivity index (χ4n) is 2.99. The van der Waals surface area contributed by atoms with Crippen LogP contribution in [0.1, 0.15) is 45.5 Å². The van der Waals surface area contributed by atoms with Crippen LogP contribution >= 0.6 is 0 Å². The van der Waals surface area contributed by atoms with Gasteiger partial charge in [-0.05, 0) is 12.0 Å². The first-order chi connectivity index (χ1) is 12.0. The van der Waals surface area contributed by atoms with Crippen molar-refractivity contribution < 1.29 is 14.4 Å². The van der Waals surface area contributed by atoms with Gasteiger partial charge in [-0.25, -0.2) is 0 Å². The monoisotopic (exact) mass is 334 g/mol. The number of Topliss-reactive ketones (excluding diaryl/α,β-unsaturated/α-hetero) is 2. The van der Waals surface area contributed by atoms with Gasteiger partial charge in [-0.15, -0.1) is 0 Å². The average molecular weight is 334 g/mol. The number of ketones is 2. The van der Waals surface area contributed by atoms with E-state index in [1.165, 1.54) is 0 Å². The SMILES string of the molecule is CCC(C(=O)NC1=C(N)C(=O)c2ccccc2C1=O)c1ccccc1. The number of benzene rings is 2. The standard InChI is InChI=1S/C20H18N2O3/c1-2-13(12-8-4-3-5-9-12)20(25)22-17-16(21)18(23)14-10-6-7-11-15(14)19(17)24/h3-11,13H,2,21H2,1H3,(H,22,25). The molecule has 5 nitrogen and oxygen atoms in total. The summed E-state index contributed by atoms with van der Waals surface area (Å²) >= 11 is 0. The molecule has 0 bridgehead atoms. The molecule has 5 heteroatoms. The van der Waals surface area contributed by atoms with Crippen LogP contribution in [0.2, 0.25) is 0 Å². The predicted molar refractivity (Wildman–Crippen MR) is 93.9 cm³/mol. The third-order valence-corrected chi connectivity index (χ3v) is 4.33. The van der Waals surface area contributed by atoms with Gasteiger partial charge < -0.3 is 11.1 Å². The second-order valence-corrected chi connectivity index (χ2v) is 5.85. The van der Waals surface area contributed by atoms with E-state index in [0.717, 1.165) is 5.56 Å². The van der Waals surface area contributed by atoms with E-state index >= 15 is 0 Å². The molecule has 3 N–H and O–H groups in total. The van der Waals surface area contributed by atoms with E-state index in [4.69, 9.17) is 5.73 Å². The smallest absolute Gasteiger partial charge is 0.232 e. The van der Waals surface area contributed by atoms with E-state index in [9.17, 15) is 14.4 Å². The quantitative estimate of drug-likeness (QED) is 0.899. The maximum Gasteiger partial charge on any atom is 0.232 e. The number of carbonyl (C=O) groups excluding carboxylic acids is 3. The molecule has 0 heterocycles. The van der Waals surface area contributed by atoms with Gasteiger partial charge >= 0.3 is 0 Å². The normalized spacial score (nSPS) is 14.9. The molecule has 3 rings (SSSR count). The Labute approximate surface area is 145 Å². The zero-order chi connectivity index (χ0) is 18.0. The molecule has 126 valence electrons. The van der Waals surface area contributed by atoms with Gasteiger partial charge in [-0.1, -0.05) is 61.5 Å². The zero-order valence-corrected chi connectivity index (χ0v) is 13.8. The van der Waals surface area contributed by atoms with Crippen LogP contribution in [0, 0.1) is 0 Å². The molecule has 1 aliphatic carbocycles. The second kappa shape index (κ2) is 6.73. The highest BCUT2D eigenvalue weighted by molar-refractivity contribution is 6.27. The van der Waals surface area contributed by atoms with Crippen molar-refractivity contribution in [2.24, 2.45) is 5.73 Å². The van der Waals surface area contributed by atoms with Gasteiger partial charge in [0.1, 0.15) is 11.4 Å². The van der Waals surface area contributed by atoms with Crippen molar-refractivity contribution in [1.29, 1.82) is 0 Å². The molecule has 0 aliphatic heterocycles. The molecule has 1 unspecified atom stereocenters. The Morgan fingerprint density at radius 2 is 1.52 bits per heavy atom. The Balaban J connectivity index is 1.92. The number of fused-ring (bicyclic) bond motifs is 1. The van der Waals surface area contributed by atoms with Crippen LogP contribution in [0.15, 0.2) is 66.0 Å². The molecule has 25 heavy (non-hydrogen) atoms. The van der Waals surface area contributed by atoms with Crippen LogP contribution in [-0.2, 0) is 4.79 Å². The molecule has 0 spiro atoms. The van der Waals surface area contributed by atoms with Crippen molar-refractivity contribution in [1.82, 2.24) is 5.32 Å². The molecule has 1 aliphatic rings. The van der Waals surface area contributed by atoms with E-state index in [-0.39, 0.29) is 28.4 Å². The average Bonchev–Trinajstić information content (AvgIpc) is 2.65. The van der Waals surface area contributed by atoms with Crippen molar-refractivity contribution in [3.8, 4) is 0 Å². The maximum atomic E-state index is 12.7. The van der Waals surface area contributed by atoms with Gasteiger partial charge in [0.2, 0.25) is 17.5 Å². The molecule has 0 saturated carbocycles. The Morgan fingerprint density at radius 1 is 0.960 bits per heavy atom. The van der Waals surface area contributed by atoms with Gasteiger partial charge in [-0.2, -0.15) is 0 Å². The number of hydrogen-bond donors (Lipinski definition) is 2. The summed E-state index contributed by atoms with van der Waals surface area (Å²) in [6, 6.07) is 15.7. The minimum atomic E-state index is -0.446. The van der Waals surface area contributed by atoms with Crippen LogP contribution in [0.3, 0.4) is 0 Å². The number of rotatable bonds is 4. The lowest BCUT2D eigenvalue weighted by molar-refractivity contribution is -0.121. The molecular formula is C20H18N2O3. The van der Waals surface area contributed by atoms with Crippen molar-refractivity contribution in [2.75, 3.05) is 0 Å². The zero-order valence-electron chi connectivity index (χ0n) is 13.8. The van der Waals surface area contributed by atoms with Crippen LogP contribution in [-0.4, -0.2) is 17.5 Å². The second-order valence-electron chi connectivity index (χ2n) is 5.85. The molecule has 1 atom stereocenters. The molecule has 0 radical (unpaired) electrons. The largest absolute Gasteiger partial charge is 0.394 e. The lowest BCUT2D eigenvalue weighted by Crippen LogP contribution is -2.38. The molecule has 2 aromatic rings. The lowest BCUT2D eigenvalue weighted by atomic mass is 9.89. The van der Waals surface area contributed by atoms with Gasteiger partial charge in [0.15, 0.2) is 0 Å². The summed E-state index contributed by atoms with van der Waals surface area (Å²) in [4.78, 5) is 37.7. The van der Waals surface area contributed by atoms with E-state index in [2.05, 4.69) is 5.32 Å². The number of nitrogens with one attached hydrogen (secondary N) is 1. The number of nitrogens with two attached hydrogens (primary N) is 1. The van der Waals surface area contributed by atoms with Crippen molar-refractivity contribution in [3.63, 3.8) is 0 Å². The molecule has 0 saturated heterocycles. The molecule has 2 aromatic carbocycles. The van der Waals surface area contributed by atoms with Gasteiger partial charge in [-0.3, -0.25) is 14.4 Å². The van der Waals surface area contributed by atoms with E-state index < -0.39 is 17.5 Å². The highest BCUT2D eigenvalue weighted by atomic mass is 16.2. The van der Waals surface area contributed by atoms with E-state index in [0.29, 0.717) is 6.42 Å². The summed E-state index contributed by atoms with van der Waals surface area (Å²) < 4.78 is 0. The Hall–Kier alpha value is -3.21. The first-order valence-corrected chi connectivity index (χ1v) is 8.08.